The number of carbonyl (C=O) groups excluding carboxylic acids is 2. The summed E-state index contributed by atoms with van der Waals surface area (Å²) in [5.41, 5.74) is 6.76. The lowest BCUT2D eigenvalue weighted by atomic mass is 10.2. The summed E-state index contributed by atoms with van der Waals surface area (Å²) in [5.74, 6) is 0.0520. The number of nitrogens with two attached hydrogens (primary N) is 1. The molecule has 0 fully saturated rings. The third-order valence-electron chi connectivity index (χ3n) is 4.14. The molecule has 0 saturated carbocycles. The van der Waals surface area contributed by atoms with Gasteiger partial charge in [-0.15, -0.1) is 0 Å². The van der Waals surface area contributed by atoms with Crippen molar-refractivity contribution in [2.45, 2.75) is 13.0 Å². The minimum atomic E-state index is -0.467. The summed E-state index contributed by atoms with van der Waals surface area (Å²) in [6.07, 6.45) is 0.0710. The Morgan fingerprint density at radius 3 is 2.39 bits per heavy atom. The molecule has 8 heteroatoms. The van der Waals surface area contributed by atoms with Crippen molar-refractivity contribution < 1.29 is 14.3 Å². The first-order chi connectivity index (χ1) is 13.3. The second-order valence-electron chi connectivity index (χ2n) is 6.34. The summed E-state index contributed by atoms with van der Waals surface area (Å²) in [5, 5.41) is 0.949. The molecule has 2 aromatic rings. The average Bonchev–Trinajstić information content (AvgIpc) is 2.66. The van der Waals surface area contributed by atoms with E-state index in [1.807, 2.05) is 24.1 Å². The number of hydrogen-bond donors (Lipinski definition) is 1. The van der Waals surface area contributed by atoms with Gasteiger partial charge in [0.25, 0.3) is 0 Å². The van der Waals surface area contributed by atoms with Crippen molar-refractivity contribution in [1.82, 2.24) is 4.90 Å². The van der Waals surface area contributed by atoms with Crippen LogP contribution in [0.25, 0.3) is 0 Å². The third kappa shape index (κ3) is 6.12. The molecule has 0 heterocycles. The SMILES string of the molecule is COc1ccc(N(CCC(N)=O)C(=O)CN(C)Cc2cccc(Cl)c2Cl)cc1. The molecule has 0 aliphatic heterocycles. The summed E-state index contributed by atoms with van der Waals surface area (Å²) < 4.78 is 5.15. The van der Waals surface area contributed by atoms with Crippen molar-refractivity contribution in [2.24, 2.45) is 5.73 Å². The number of benzene rings is 2. The number of nitrogens with zero attached hydrogens (tertiary/aromatic N) is 2. The van der Waals surface area contributed by atoms with E-state index in [9.17, 15) is 9.59 Å². The van der Waals surface area contributed by atoms with Crippen molar-refractivity contribution in [3.8, 4) is 5.75 Å². The summed E-state index contributed by atoms with van der Waals surface area (Å²) >= 11 is 12.3. The lowest BCUT2D eigenvalue weighted by molar-refractivity contribution is -0.119. The molecule has 0 spiro atoms. The van der Waals surface area contributed by atoms with E-state index in [-0.39, 0.29) is 25.4 Å². The van der Waals surface area contributed by atoms with E-state index in [1.54, 1.807) is 42.3 Å². The van der Waals surface area contributed by atoms with Crippen LogP contribution in [0.3, 0.4) is 0 Å². The molecular weight excluding hydrogens is 401 g/mol. The van der Waals surface area contributed by atoms with Crippen LogP contribution in [0.2, 0.25) is 10.0 Å². The van der Waals surface area contributed by atoms with Gasteiger partial charge in [0.2, 0.25) is 11.8 Å². The molecule has 150 valence electrons. The molecule has 2 rings (SSSR count). The monoisotopic (exact) mass is 423 g/mol. The van der Waals surface area contributed by atoms with Crippen molar-refractivity contribution >= 4 is 40.7 Å². The van der Waals surface area contributed by atoms with Gasteiger partial charge in [0.1, 0.15) is 5.75 Å². The van der Waals surface area contributed by atoms with Gasteiger partial charge in [-0.05, 0) is 42.9 Å². The fourth-order valence-corrected chi connectivity index (χ4v) is 3.10. The topological polar surface area (TPSA) is 75.9 Å². The standard InChI is InChI=1S/C20H23Cl2N3O3/c1-24(12-14-4-3-5-17(21)20(14)22)13-19(27)25(11-10-18(23)26)15-6-8-16(28-2)9-7-15/h3-9H,10-13H2,1-2H3,(H2,23,26). The Kier molecular flexibility index (Phi) is 8.11. The van der Waals surface area contributed by atoms with Crippen LogP contribution in [0.15, 0.2) is 42.5 Å². The molecule has 0 aliphatic rings. The molecule has 2 aromatic carbocycles. The maximum atomic E-state index is 12.9. The van der Waals surface area contributed by atoms with Crippen LogP contribution in [0, 0.1) is 0 Å². The Balaban J connectivity index is 2.11. The van der Waals surface area contributed by atoms with Crippen molar-refractivity contribution in [3.05, 3.63) is 58.1 Å². The number of carbonyl (C=O) groups is 2. The highest BCUT2D eigenvalue weighted by Crippen LogP contribution is 2.26. The summed E-state index contributed by atoms with van der Waals surface area (Å²) in [4.78, 5) is 27.5. The number of likely N-dealkylation sites (N-methyl/N-ethyl adjacent to an activating group) is 1. The Labute approximate surface area is 174 Å². The molecular formula is C20H23Cl2N3O3. The number of rotatable bonds is 9. The minimum absolute atomic E-state index is 0.0710. The highest BCUT2D eigenvalue weighted by molar-refractivity contribution is 6.42. The Hall–Kier alpha value is -2.28. The molecule has 0 saturated heterocycles. The fourth-order valence-electron chi connectivity index (χ4n) is 2.72. The predicted molar refractivity (Wildman–Crippen MR) is 112 cm³/mol. The van der Waals surface area contributed by atoms with Gasteiger partial charge in [0, 0.05) is 25.2 Å². The lowest BCUT2D eigenvalue weighted by Crippen LogP contribution is -2.40. The van der Waals surface area contributed by atoms with Crippen LogP contribution < -0.4 is 15.4 Å². The molecule has 6 nitrogen and oxygen atoms in total. The molecule has 0 aromatic heterocycles. The first-order valence-electron chi connectivity index (χ1n) is 8.66. The normalized spacial score (nSPS) is 10.8. The maximum Gasteiger partial charge on any atom is 0.241 e. The quantitative estimate of drug-likeness (QED) is 0.670. The first kappa shape index (κ1) is 22.0. The van der Waals surface area contributed by atoms with E-state index < -0.39 is 5.91 Å². The smallest absolute Gasteiger partial charge is 0.241 e. The van der Waals surface area contributed by atoms with Crippen molar-refractivity contribution in [1.29, 1.82) is 0 Å². The number of hydrogen-bond acceptors (Lipinski definition) is 4. The zero-order chi connectivity index (χ0) is 20.7. The second kappa shape index (κ2) is 10.3. The first-order valence-corrected chi connectivity index (χ1v) is 9.41. The zero-order valence-electron chi connectivity index (χ0n) is 15.8. The van der Waals surface area contributed by atoms with Gasteiger partial charge in [0.05, 0.1) is 23.7 Å². The highest BCUT2D eigenvalue weighted by Gasteiger charge is 2.19. The third-order valence-corrected chi connectivity index (χ3v) is 5.00. The Morgan fingerprint density at radius 1 is 1.11 bits per heavy atom. The minimum Gasteiger partial charge on any atom is -0.497 e. The molecule has 2 amide bonds. The van der Waals surface area contributed by atoms with Gasteiger partial charge in [-0.1, -0.05) is 35.3 Å². The van der Waals surface area contributed by atoms with E-state index >= 15 is 0 Å². The number of amides is 2. The lowest BCUT2D eigenvalue weighted by Gasteiger charge is -2.26. The largest absolute Gasteiger partial charge is 0.497 e. The van der Waals surface area contributed by atoms with Gasteiger partial charge < -0.3 is 15.4 Å². The van der Waals surface area contributed by atoms with Gasteiger partial charge >= 0.3 is 0 Å². The summed E-state index contributed by atoms with van der Waals surface area (Å²) in [6, 6.07) is 12.5. The Morgan fingerprint density at radius 2 is 1.79 bits per heavy atom. The molecule has 2 N–H and O–H groups in total. The van der Waals surface area contributed by atoms with Crippen LogP contribution in [0.5, 0.6) is 5.75 Å². The fraction of sp³-hybridized carbons (Fsp3) is 0.300. The van der Waals surface area contributed by atoms with Crippen LogP contribution in [0.1, 0.15) is 12.0 Å². The van der Waals surface area contributed by atoms with Crippen LogP contribution in [-0.2, 0) is 16.1 Å². The van der Waals surface area contributed by atoms with E-state index in [0.29, 0.717) is 28.0 Å². The molecule has 0 atom stereocenters. The average molecular weight is 424 g/mol. The van der Waals surface area contributed by atoms with Gasteiger partial charge in [-0.3, -0.25) is 14.5 Å². The molecule has 0 unspecified atom stereocenters. The molecule has 0 radical (unpaired) electrons. The zero-order valence-corrected chi connectivity index (χ0v) is 17.3. The van der Waals surface area contributed by atoms with E-state index in [2.05, 4.69) is 0 Å². The van der Waals surface area contributed by atoms with E-state index in [0.717, 1.165) is 5.56 Å². The highest BCUT2D eigenvalue weighted by atomic mass is 35.5. The Bertz CT molecular complexity index is 828. The number of anilines is 1. The second-order valence-corrected chi connectivity index (χ2v) is 7.13. The van der Waals surface area contributed by atoms with Crippen LogP contribution in [-0.4, -0.2) is 44.0 Å². The maximum absolute atomic E-state index is 12.9. The number of halogens is 2. The number of methoxy groups -OCH3 is 1. The van der Waals surface area contributed by atoms with E-state index in [4.69, 9.17) is 33.7 Å². The molecule has 0 aliphatic carbocycles. The van der Waals surface area contributed by atoms with Crippen LogP contribution in [0.4, 0.5) is 5.69 Å². The predicted octanol–water partition coefficient (Wildman–Crippen LogP) is 3.34. The number of primary amides is 1. The van der Waals surface area contributed by atoms with E-state index in [1.165, 1.54) is 0 Å². The summed E-state index contributed by atoms with van der Waals surface area (Å²) in [6.45, 7) is 0.789. The molecule has 0 bridgehead atoms. The van der Waals surface area contributed by atoms with Gasteiger partial charge in [-0.25, -0.2) is 0 Å². The number of ether oxygens (including phenoxy) is 1. The summed E-state index contributed by atoms with van der Waals surface area (Å²) in [7, 11) is 3.39. The van der Waals surface area contributed by atoms with Gasteiger partial charge in [-0.2, -0.15) is 0 Å². The van der Waals surface area contributed by atoms with Crippen molar-refractivity contribution in [2.75, 3.05) is 32.1 Å². The molecule has 28 heavy (non-hydrogen) atoms. The van der Waals surface area contributed by atoms with Gasteiger partial charge in [0.15, 0.2) is 0 Å². The van der Waals surface area contributed by atoms with Crippen molar-refractivity contribution in [3.63, 3.8) is 0 Å². The van der Waals surface area contributed by atoms with Crippen LogP contribution >= 0.6 is 23.2 Å².